The molecule has 142 valence electrons. The van der Waals surface area contributed by atoms with E-state index in [-0.39, 0.29) is 24.0 Å². The lowest BCUT2D eigenvalue weighted by molar-refractivity contribution is -0.133. The number of fused-ring (bicyclic) bond motifs is 1. The molecule has 0 aromatic heterocycles. The number of Topliss-reactive ketones (excluding diaryl/α,β-unsaturated/α-hetero) is 1. The molecule has 0 aliphatic heterocycles. The number of carbonyl (C=O) groups excluding carboxylic acids is 2. The molecule has 3 rings (SSSR count). The Hall–Kier alpha value is -2.37. The van der Waals surface area contributed by atoms with Crippen LogP contribution in [0, 0.1) is 12.8 Å². The zero-order valence-corrected chi connectivity index (χ0v) is 16.1. The van der Waals surface area contributed by atoms with Crippen molar-refractivity contribution < 1.29 is 19.5 Å². The van der Waals surface area contributed by atoms with E-state index in [2.05, 4.69) is 0 Å². The molecule has 2 aromatic rings. The highest BCUT2D eigenvalue weighted by Crippen LogP contribution is 2.35. The van der Waals surface area contributed by atoms with Crippen LogP contribution in [-0.2, 0) is 24.1 Å². The van der Waals surface area contributed by atoms with Gasteiger partial charge in [0.25, 0.3) is 0 Å². The summed E-state index contributed by atoms with van der Waals surface area (Å²) >= 11 is 6.57. The summed E-state index contributed by atoms with van der Waals surface area (Å²) in [6.45, 7) is 1.92. The zero-order valence-electron chi connectivity index (χ0n) is 15.3. The lowest BCUT2D eigenvalue weighted by atomic mass is 9.81. The Labute approximate surface area is 163 Å². The fraction of sp³-hybridized carbons (Fsp3) is 0.333. The van der Waals surface area contributed by atoms with Gasteiger partial charge in [-0.25, -0.2) is 5.48 Å². The molecule has 2 aromatic carbocycles. The molecule has 0 fully saturated rings. The maximum absolute atomic E-state index is 12.7. The molecule has 6 heteroatoms. The SMILES string of the molecule is COc1ccc(C(=O)Cc2cc3c(c(Cl)c2C)CCC(C(=O)NO)C3)cc1. The van der Waals surface area contributed by atoms with Gasteiger partial charge in [-0.1, -0.05) is 17.7 Å². The molecule has 0 saturated carbocycles. The Morgan fingerprint density at radius 3 is 2.63 bits per heavy atom. The number of rotatable bonds is 5. The second kappa shape index (κ2) is 8.11. The molecule has 1 atom stereocenters. The van der Waals surface area contributed by atoms with Gasteiger partial charge < -0.3 is 4.74 Å². The largest absolute Gasteiger partial charge is 0.497 e. The molecule has 1 aliphatic carbocycles. The number of benzene rings is 2. The molecule has 5 nitrogen and oxygen atoms in total. The van der Waals surface area contributed by atoms with Gasteiger partial charge in [-0.3, -0.25) is 14.8 Å². The number of ketones is 1. The Morgan fingerprint density at radius 2 is 2.00 bits per heavy atom. The Balaban J connectivity index is 1.86. The van der Waals surface area contributed by atoms with E-state index >= 15 is 0 Å². The number of carbonyl (C=O) groups is 2. The molecule has 1 unspecified atom stereocenters. The molecule has 0 bridgehead atoms. The maximum Gasteiger partial charge on any atom is 0.246 e. The Kier molecular flexibility index (Phi) is 5.82. The van der Waals surface area contributed by atoms with Crippen molar-refractivity contribution in [2.24, 2.45) is 5.92 Å². The Bertz CT molecular complexity index is 877. The number of hydroxylamine groups is 1. The van der Waals surface area contributed by atoms with Crippen LogP contribution in [-0.4, -0.2) is 24.0 Å². The summed E-state index contributed by atoms with van der Waals surface area (Å²) in [5.74, 6) is 0.0320. The molecule has 27 heavy (non-hydrogen) atoms. The van der Waals surface area contributed by atoms with Gasteiger partial charge in [0, 0.05) is 22.9 Å². The first-order chi connectivity index (χ1) is 12.9. The zero-order chi connectivity index (χ0) is 19.6. The van der Waals surface area contributed by atoms with E-state index in [9.17, 15) is 9.59 Å². The standard InChI is InChI=1S/C21H22ClNO4/c1-12-15(11-19(24)13-3-6-17(27-2)7-4-13)10-16-9-14(21(25)23-26)5-8-18(16)20(12)22/h3-4,6-7,10,14,26H,5,8-9,11H2,1-2H3,(H,23,25). The molecule has 0 radical (unpaired) electrons. The van der Waals surface area contributed by atoms with Crippen LogP contribution in [0.3, 0.4) is 0 Å². The molecule has 2 N–H and O–H groups in total. The van der Waals surface area contributed by atoms with Crippen molar-refractivity contribution in [3.63, 3.8) is 0 Å². The fourth-order valence-corrected chi connectivity index (χ4v) is 3.94. The van der Waals surface area contributed by atoms with E-state index in [1.165, 1.54) is 0 Å². The highest BCUT2D eigenvalue weighted by Gasteiger charge is 2.27. The molecular weight excluding hydrogens is 366 g/mol. The topological polar surface area (TPSA) is 75.6 Å². The second-order valence-corrected chi connectivity index (χ2v) is 7.23. The highest BCUT2D eigenvalue weighted by atomic mass is 35.5. The normalized spacial score (nSPS) is 15.8. The number of ether oxygens (including phenoxy) is 1. The quantitative estimate of drug-likeness (QED) is 0.466. The van der Waals surface area contributed by atoms with Crippen molar-refractivity contribution in [1.82, 2.24) is 5.48 Å². The van der Waals surface area contributed by atoms with E-state index in [4.69, 9.17) is 21.5 Å². The lowest BCUT2D eigenvalue weighted by Crippen LogP contribution is -2.32. The number of amides is 1. The minimum absolute atomic E-state index is 0.00256. The molecule has 0 heterocycles. The van der Waals surface area contributed by atoms with Crippen LogP contribution in [0.25, 0.3) is 0 Å². The number of halogens is 1. The Morgan fingerprint density at radius 1 is 1.30 bits per heavy atom. The molecule has 1 amide bonds. The summed E-state index contributed by atoms with van der Waals surface area (Å²) in [4.78, 5) is 24.5. The molecule has 0 saturated heterocycles. The molecule has 0 spiro atoms. The van der Waals surface area contributed by atoms with Crippen molar-refractivity contribution in [2.45, 2.75) is 32.6 Å². The third-order valence-electron chi connectivity index (χ3n) is 5.27. The molecular formula is C21H22ClNO4. The van der Waals surface area contributed by atoms with Gasteiger partial charge in [-0.15, -0.1) is 0 Å². The first kappa shape index (κ1) is 19.4. The van der Waals surface area contributed by atoms with Gasteiger partial charge in [-0.2, -0.15) is 0 Å². The summed E-state index contributed by atoms with van der Waals surface area (Å²) in [6.07, 6.45) is 2.07. The number of nitrogens with one attached hydrogen (secondary N) is 1. The van der Waals surface area contributed by atoms with Crippen LogP contribution in [0.4, 0.5) is 0 Å². The van der Waals surface area contributed by atoms with E-state index in [1.54, 1.807) is 36.9 Å². The van der Waals surface area contributed by atoms with Crippen LogP contribution < -0.4 is 10.2 Å². The lowest BCUT2D eigenvalue weighted by Gasteiger charge is -2.26. The van der Waals surface area contributed by atoms with Crippen molar-refractivity contribution in [2.75, 3.05) is 7.11 Å². The average molecular weight is 388 g/mol. The van der Waals surface area contributed by atoms with E-state index in [1.807, 2.05) is 13.0 Å². The van der Waals surface area contributed by atoms with Crippen molar-refractivity contribution in [1.29, 1.82) is 0 Å². The van der Waals surface area contributed by atoms with Crippen LogP contribution >= 0.6 is 11.6 Å². The van der Waals surface area contributed by atoms with Gasteiger partial charge >= 0.3 is 0 Å². The summed E-state index contributed by atoms with van der Waals surface area (Å²) in [5.41, 5.74) is 6.13. The monoisotopic (exact) mass is 387 g/mol. The smallest absolute Gasteiger partial charge is 0.246 e. The van der Waals surface area contributed by atoms with E-state index in [0.717, 1.165) is 22.3 Å². The minimum atomic E-state index is -0.381. The summed E-state index contributed by atoms with van der Waals surface area (Å²) < 4.78 is 5.12. The predicted molar refractivity (Wildman–Crippen MR) is 103 cm³/mol. The summed E-state index contributed by atoms with van der Waals surface area (Å²) in [6, 6.07) is 9.00. The van der Waals surface area contributed by atoms with Gasteiger partial charge in [-0.05, 0) is 72.7 Å². The van der Waals surface area contributed by atoms with E-state index in [0.29, 0.717) is 35.6 Å². The van der Waals surface area contributed by atoms with Crippen LogP contribution in [0.2, 0.25) is 5.02 Å². The van der Waals surface area contributed by atoms with E-state index < -0.39 is 0 Å². The van der Waals surface area contributed by atoms with Gasteiger partial charge in [0.1, 0.15) is 5.75 Å². The summed E-state index contributed by atoms with van der Waals surface area (Å²) in [7, 11) is 1.58. The maximum atomic E-state index is 12.7. The van der Waals surface area contributed by atoms with Crippen LogP contribution in [0.1, 0.15) is 39.0 Å². The third kappa shape index (κ3) is 3.99. The minimum Gasteiger partial charge on any atom is -0.497 e. The first-order valence-corrected chi connectivity index (χ1v) is 9.23. The number of methoxy groups -OCH3 is 1. The third-order valence-corrected chi connectivity index (χ3v) is 5.78. The summed E-state index contributed by atoms with van der Waals surface area (Å²) in [5, 5.41) is 9.57. The van der Waals surface area contributed by atoms with Gasteiger partial charge in [0.05, 0.1) is 7.11 Å². The van der Waals surface area contributed by atoms with Crippen molar-refractivity contribution in [3.05, 3.63) is 63.2 Å². The second-order valence-electron chi connectivity index (χ2n) is 6.86. The van der Waals surface area contributed by atoms with Crippen molar-refractivity contribution >= 4 is 23.3 Å². The molecule has 1 aliphatic rings. The average Bonchev–Trinajstić information content (AvgIpc) is 2.70. The van der Waals surface area contributed by atoms with Crippen molar-refractivity contribution in [3.8, 4) is 5.75 Å². The first-order valence-electron chi connectivity index (χ1n) is 8.85. The number of hydrogen-bond donors (Lipinski definition) is 2. The van der Waals surface area contributed by atoms with Crippen LogP contribution in [0.15, 0.2) is 30.3 Å². The highest BCUT2D eigenvalue weighted by molar-refractivity contribution is 6.32. The fourth-order valence-electron chi connectivity index (χ4n) is 3.60. The predicted octanol–water partition coefficient (Wildman–Crippen LogP) is 3.69. The van der Waals surface area contributed by atoms with Crippen LogP contribution in [0.5, 0.6) is 5.75 Å². The number of hydrogen-bond acceptors (Lipinski definition) is 4. The van der Waals surface area contributed by atoms with Gasteiger partial charge in [0.2, 0.25) is 5.91 Å². The van der Waals surface area contributed by atoms with Gasteiger partial charge in [0.15, 0.2) is 5.78 Å².